The van der Waals surface area contributed by atoms with Crippen LogP contribution in [0.25, 0.3) is 0 Å². The van der Waals surface area contributed by atoms with Gasteiger partial charge in [0, 0.05) is 19.2 Å². The topological polar surface area (TPSA) is 76.7 Å². The minimum Gasteiger partial charge on any atom is -0.490 e. The van der Waals surface area contributed by atoms with Crippen LogP contribution in [0.15, 0.2) is 24.3 Å². The van der Waals surface area contributed by atoms with Crippen LogP contribution >= 0.6 is 0 Å². The first kappa shape index (κ1) is 17.1. The summed E-state index contributed by atoms with van der Waals surface area (Å²) in [4.78, 5) is 0. The Kier molecular flexibility index (Phi) is 6.96. The van der Waals surface area contributed by atoms with Crippen molar-refractivity contribution in [1.82, 2.24) is 5.32 Å². The van der Waals surface area contributed by atoms with Crippen LogP contribution in [0.4, 0.5) is 0 Å². The minimum absolute atomic E-state index is 0.312. The van der Waals surface area contributed by atoms with Crippen LogP contribution in [0, 0.1) is 0 Å². The Morgan fingerprint density at radius 1 is 1.27 bits per heavy atom. The molecule has 2 atom stereocenters. The Morgan fingerprint density at radius 3 is 2.68 bits per heavy atom. The van der Waals surface area contributed by atoms with Crippen molar-refractivity contribution in [3.63, 3.8) is 0 Å². The second-order valence-electron chi connectivity index (χ2n) is 5.87. The van der Waals surface area contributed by atoms with Gasteiger partial charge in [0.15, 0.2) is 6.23 Å². The van der Waals surface area contributed by atoms with Crippen molar-refractivity contribution in [2.24, 2.45) is 5.73 Å². The van der Waals surface area contributed by atoms with Crippen LogP contribution in [-0.2, 0) is 0 Å². The molecule has 1 aromatic rings. The van der Waals surface area contributed by atoms with Gasteiger partial charge in [-0.2, -0.15) is 0 Å². The van der Waals surface area contributed by atoms with E-state index in [1.54, 1.807) is 6.92 Å². The fraction of sp³-hybridized carbons (Fsp3) is 0.647. The van der Waals surface area contributed by atoms with Gasteiger partial charge in [-0.05, 0) is 44.7 Å². The van der Waals surface area contributed by atoms with Gasteiger partial charge in [0.25, 0.3) is 0 Å². The highest BCUT2D eigenvalue weighted by atomic mass is 16.5. The number of rotatable bonds is 8. The molecule has 22 heavy (non-hydrogen) atoms. The summed E-state index contributed by atoms with van der Waals surface area (Å²) in [6.45, 7) is 2.78. The maximum absolute atomic E-state index is 9.77. The van der Waals surface area contributed by atoms with Crippen LogP contribution in [-0.4, -0.2) is 36.6 Å². The molecule has 5 heteroatoms. The van der Waals surface area contributed by atoms with E-state index in [1.165, 1.54) is 19.3 Å². The summed E-state index contributed by atoms with van der Waals surface area (Å²) >= 11 is 0. The zero-order chi connectivity index (χ0) is 15.8. The first-order valence-electron chi connectivity index (χ1n) is 8.24. The molecular formula is C17H28N2O3. The zero-order valence-corrected chi connectivity index (χ0v) is 13.3. The van der Waals surface area contributed by atoms with Gasteiger partial charge in [0.05, 0.1) is 6.10 Å². The average molecular weight is 308 g/mol. The number of benzene rings is 1. The molecule has 4 N–H and O–H groups in total. The van der Waals surface area contributed by atoms with Crippen LogP contribution in [0.3, 0.4) is 0 Å². The van der Waals surface area contributed by atoms with Crippen molar-refractivity contribution < 1.29 is 14.6 Å². The van der Waals surface area contributed by atoms with E-state index in [9.17, 15) is 5.11 Å². The van der Waals surface area contributed by atoms with Gasteiger partial charge in [-0.25, -0.2) is 0 Å². The van der Waals surface area contributed by atoms with Crippen molar-refractivity contribution in [3.05, 3.63) is 24.3 Å². The molecule has 2 rings (SSSR count). The molecule has 0 amide bonds. The van der Waals surface area contributed by atoms with E-state index in [2.05, 4.69) is 5.32 Å². The molecule has 1 aliphatic carbocycles. The van der Waals surface area contributed by atoms with Crippen molar-refractivity contribution in [3.8, 4) is 11.5 Å². The summed E-state index contributed by atoms with van der Waals surface area (Å²) in [5, 5.41) is 12.9. The largest absolute Gasteiger partial charge is 0.490 e. The molecule has 1 fully saturated rings. The highest BCUT2D eigenvalue weighted by molar-refractivity contribution is 5.33. The molecule has 1 aromatic carbocycles. The molecule has 0 bridgehead atoms. The van der Waals surface area contributed by atoms with E-state index >= 15 is 0 Å². The highest BCUT2D eigenvalue weighted by Gasteiger charge is 2.17. The molecule has 2 unspecified atom stereocenters. The SMILES string of the molecule is CC(O)C(NCCN)Oc1cccc(OC2CCCCC2)c1. The first-order valence-corrected chi connectivity index (χ1v) is 8.24. The Labute approximate surface area is 132 Å². The van der Waals surface area contributed by atoms with E-state index in [0.29, 0.717) is 24.9 Å². The van der Waals surface area contributed by atoms with Crippen molar-refractivity contribution in [1.29, 1.82) is 0 Å². The summed E-state index contributed by atoms with van der Waals surface area (Å²) in [5.74, 6) is 1.51. The molecule has 0 saturated heterocycles. The third-order valence-electron chi connectivity index (χ3n) is 3.85. The summed E-state index contributed by atoms with van der Waals surface area (Å²) in [6.07, 6.45) is 5.25. The van der Waals surface area contributed by atoms with Gasteiger partial charge in [0.2, 0.25) is 0 Å². The van der Waals surface area contributed by atoms with Crippen LogP contribution in [0.5, 0.6) is 11.5 Å². The number of hydrogen-bond acceptors (Lipinski definition) is 5. The second kappa shape index (κ2) is 8.98. The number of aliphatic hydroxyl groups excluding tert-OH is 1. The van der Waals surface area contributed by atoms with Crippen LogP contribution < -0.4 is 20.5 Å². The molecule has 124 valence electrons. The van der Waals surface area contributed by atoms with E-state index < -0.39 is 12.3 Å². The number of nitrogens with two attached hydrogens (primary N) is 1. The summed E-state index contributed by atoms with van der Waals surface area (Å²) in [6, 6.07) is 7.61. The normalized spacial score (nSPS) is 18.7. The fourth-order valence-corrected chi connectivity index (χ4v) is 2.68. The number of hydrogen-bond donors (Lipinski definition) is 3. The van der Waals surface area contributed by atoms with E-state index in [0.717, 1.165) is 18.6 Å². The summed E-state index contributed by atoms with van der Waals surface area (Å²) < 4.78 is 11.8. The third kappa shape index (κ3) is 5.48. The number of aliphatic hydroxyl groups is 1. The quantitative estimate of drug-likeness (QED) is 0.641. The van der Waals surface area contributed by atoms with Crippen molar-refractivity contribution >= 4 is 0 Å². The predicted octanol–water partition coefficient (Wildman–Crippen LogP) is 2.03. The molecule has 5 nitrogen and oxygen atoms in total. The minimum atomic E-state index is -0.630. The van der Waals surface area contributed by atoms with Gasteiger partial charge in [-0.1, -0.05) is 12.5 Å². The molecule has 0 aliphatic heterocycles. The van der Waals surface area contributed by atoms with E-state index in [-0.39, 0.29) is 0 Å². The lowest BCUT2D eigenvalue weighted by molar-refractivity contribution is 0.0275. The molecule has 0 heterocycles. The van der Waals surface area contributed by atoms with Gasteiger partial charge in [-0.15, -0.1) is 0 Å². The highest BCUT2D eigenvalue weighted by Crippen LogP contribution is 2.26. The van der Waals surface area contributed by atoms with Crippen molar-refractivity contribution in [2.75, 3.05) is 13.1 Å². The number of ether oxygens (including phenoxy) is 2. The molecular weight excluding hydrogens is 280 g/mol. The monoisotopic (exact) mass is 308 g/mol. The maximum Gasteiger partial charge on any atom is 0.176 e. The van der Waals surface area contributed by atoms with Crippen molar-refractivity contribution in [2.45, 2.75) is 57.5 Å². The summed E-state index contributed by atoms with van der Waals surface area (Å²) in [7, 11) is 0. The lowest BCUT2D eigenvalue weighted by atomic mass is 9.98. The molecule has 0 aromatic heterocycles. The second-order valence-corrected chi connectivity index (χ2v) is 5.87. The molecule has 0 spiro atoms. The Hall–Kier alpha value is -1.30. The maximum atomic E-state index is 9.77. The number of nitrogens with one attached hydrogen (secondary N) is 1. The first-order chi connectivity index (χ1) is 10.7. The zero-order valence-electron chi connectivity index (χ0n) is 13.3. The van der Waals surface area contributed by atoms with Gasteiger partial charge < -0.3 is 20.3 Å². The third-order valence-corrected chi connectivity index (χ3v) is 3.85. The van der Waals surface area contributed by atoms with E-state index in [4.69, 9.17) is 15.2 Å². The molecule has 0 radical (unpaired) electrons. The molecule has 1 saturated carbocycles. The summed E-state index contributed by atoms with van der Waals surface area (Å²) in [5.41, 5.74) is 5.48. The Bertz CT molecular complexity index is 434. The van der Waals surface area contributed by atoms with Crippen LogP contribution in [0.1, 0.15) is 39.0 Å². The predicted molar refractivity (Wildman–Crippen MR) is 87.1 cm³/mol. The van der Waals surface area contributed by atoms with Gasteiger partial charge in [-0.3, -0.25) is 5.32 Å². The van der Waals surface area contributed by atoms with Crippen LogP contribution in [0.2, 0.25) is 0 Å². The van der Waals surface area contributed by atoms with Gasteiger partial charge in [0.1, 0.15) is 17.6 Å². The van der Waals surface area contributed by atoms with Gasteiger partial charge >= 0.3 is 0 Å². The van der Waals surface area contributed by atoms with E-state index in [1.807, 2.05) is 24.3 Å². The smallest absolute Gasteiger partial charge is 0.176 e. The Morgan fingerprint density at radius 2 is 2.00 bits per heavy atom. The molecule has 1 aliphatic rings. The standard InChI is InChI=1S/C17H28N2O3/c1-13(20)17(19-11-10-18)22-16-9-5-8-15(12-16)21-14-6-3-2-4-7-14/h5,8-9,12-14,17,19-20H,2-4,6-7,10-11,18H2,1H3. The Balaban J connectivity index is 1.94. The lowest BCUT2D eigenvalue weighted by Gasteiger charge is -2.25. The average Bonchev–Trinajstić information content (AvgIpc) is 2.52. The lowest BCUT2D eigenvalue weighted by Crippen LogP contribution is -2.45. The fourth-order valence-electron chi connectivity index (χ4n) is 2.68.